The number of aliphatic hydroxyl groups is 1. The van der Waals surface area contributed by atoms with Gasteiger partial charge < -0.3 is 10.4 Å². The molecule has 0 amide bonds. The lowest BCUT2D eigenvalue weighted by Crippen LogP contribution is -2.22. The minimum absolute atomic E-state index is 0.00671. The van der Waals surface area contributed by atoms with E-state index in [1.807, 2.05) is 0 Å². The standard InChI is InChI=1S/C14H20F3NO/c1-13(2,3)12-8-10(9-18-6-7-19)4-5-11(12)14(15,16)17/h4-5,8,18-19H,6-7,9H2,1-3H3. The predicted molar refractivity (Wildman–Crippen MR) is 68.9 cm³/mol. The van der Waals surface area contributed by atoms with Gasteiger partial charge in [-0.25, -0.2) is 0 Å². The Balaban J connectivity index is 3.10. The third kappa shape index (κ3) is 4.51. The highest BCUT2D eigenvalue weighted by Crippen LogP contribution is 2.37. The topological polar surface area (TPSA) is 32.3 Å². The minimum atomic E-state index is -4.33. The smallest absolute Gasteiger partial charge is 0.395 e. The van der Waals surface area contributed by atoms with Crippen molar-refractivity contribution in [1.82, 2.24) is 5.32 Å². The first-order chi connectivity index (χ1) is 8.66. The zero-order valence-corrected chi connectivity index (χ0v) is 11.4. The van der Waals surface area contributed by atoms with E-state index >= 15 is 0 Å². The Morgan fingerprint density at radius 2 is 1.74 bits per heavy atom. The summed E-state index contributed by atoms with van der Waals surface area (Å²) in [6.45, 7) is 6.17. The molecule has 5 heteroatoms. The molecule has 0 aliphatic heterocycles. The third-order valence-corrected chi connectivity index (χ3v) is 2.82. The van der Waals surface area contributed by atoms with Crippen molar-refractivity contribution in [2.45, 2.75) is 38.9 Å². The average Bonchev–Trinajstić information content (AvgIpc) is 2.26. The van der Waals surface area contributed by atoms with Gasteiger partial charge in [0.1, 0.15) is 0 Å². The highest BCUT2D eigenvalue weighted by molar-refractivity contribution is 5.38. The zero-order valence-electron chi connectivity index (χ0n) is 11.4. The highest BCUT2D eigenvalue weighted by Gasteiger charge is 2.36. The molecule has 2 nitrogen and oxygen atoms in total. The summed E-state index contributed by atoms with van der Waals surface area (Å²) >= 11 is 0. The maximum absolute atomic E-state index is 13.0. The molecule has 0 atom stereocenters. The van der Waals surface area contributed by atoms with E-state index in [1.165, 1.54) is 6.07 Å². The number of hydrogen-bond acceptors (Lipinski definition) is 2. The maximum Gasteiger partial charge on any atom is 0.416 e. The molecular formula is C14H20F3NO. The molecule has 0 spiro atoms. The molecule has 2 N–H and O–H groups in total. The van der Waals surface area contributed by atoms with Gasteiger partial charge in [0.25, 0.3) is 0 Å². The molecule has 0 saturated heterocycles. The first-order valence-electron chi connectivity index (χ1n) is 6.18. The molecule has 0 radical (unpaired) electrons. The molecule has 0 unspecified atom stereocenters. The summed E-state index contributed by atoms with van der Waals surface area (Å²) in [5.41, 5.74) is -0.0710. The van der Waals surface area contributed by atoms with Crippen LogP contribution in [-0.4, -0.2) is 18.3 Å². The number of hydrogen-bond donors (Lipinski definition) is 2. The quantitative estimate of drug-likeness (QED) is 0.828. The summed E-state index contributed by atoms with van der Waals surface area (Å²) in [5.74, 6) is 0. The van der Waals surface area contributed by atoms with Gasteiger partial charge in [-0.2, -0.15) is 13.2 Å². The third-order valence-electron chi connectivity index (χ3n) is 2.82. The molecule has 1 rings (SSSR count). The highest BCUT2D eigenvalue weighted by atomic mass is 19.4. The number of benzene rings is 1. The van der Waals surface area contributed by atoms with Crippen LogP contribution in [0.25, 0.3) is 0 Å². The van der Waals surface area contributed by atoms with Gasteiger partial charge in [-0.15, -0.1) is 0 Å². The Kier molecular flexibility index (Phi) is 4.98. The second-order valence-electron chi connectivity index (χ2n) is 5.53. The summed E-state index contributed by atoms with van der Waals surface area (Å²) in [6, 6.07) is 4.20. The van der Waals surface area contributed by atoms with Crippen molar-refractivity contribution in [2.24, 2.45) is 0 Å². The summed E-state index contributed by atoms with van der Waals surface area (Å²) in [6.07, 6.45) is -4.33. The van der Waals surface area contributed by atoms with Crippen LogP contribution in [0.5, 0.6) is 0 Å². The van der Waals surface area contributed by atoms with Crippen LogP contribution in [0.3, 0.4) is 0 Å². The number of rotatable bonds is 4. The second-order valence-corrected chi connectivity index (χ2v) is 5.53. The van der Waals surface area contributed by atoms with E-state index in [9.17, 15) is 13.2 Å². The Morgan fingerprint density at radius 3 is 2.21 bits per heavy atom. The molecule has 0 saturated carbocycles. The molecular weight excluding hydrogens is 255 g/mol. The maximum atomic E-state index is 13.0. The molecule has 108 valence electrons. The van der Waals surface area contributed by atoms with Gasteiger partial charge in [0.05, 0.1) is 12.2 Å². The van der Waals surface area contributed by atoms with Gasteiger partial charge in [-0.05, 0) is 22.6 Å². The SMILES string of the molecule is CC(C)(C)c1cc(CNCCO)ccc1C(F)(F)F. The van der Waals surface area contributed by atoms with E-state index < -0.39 is 17.2 Å². The average molecular weight is 275 g/mol. The van der Waals surface area contributed by atoms with E-state index in [0.717, 1.165) is 11.6 Å². The summed E-state index contributed by atoms with van der Waals surface area (Å²) in [5, 5.41) is 11.6. The van der Waals surface area contributed by atoms with Crippen molar-refractivity contribution < 1.29 is 18.3 Å². The van der Waals surface area contributed by atoms with E-state index in [2.05, 4.69) is 5.32 Å². The molecule has 1 aromatic rings. The lowest BCUT2D eigenvalue weighted by atomic mass is 9.82. The first-order valence-corrected chi connectivity index (χ1v) is 6.18. The molecule has 1 aromatic carbocycles. The molecule has 19 heavy (non-hydrogen) atoms. The monoisotopic (exact) mass is 275 g/mol. The first kappa shape index (κ1) is 16.0. The zero-order chi connectivity index (χ0) is 14.7. The summed E-state index contributed by atoms with van der Waals surface area (Å²) in [7, 11) is 0. The number of alkyl halides is 3. The van der Waals surface area contributed by atoms with Gasteiger partial charge in [-0.3, -0.25) is 0 Å². The van der Waals surface area contributed by atoms with E-state index in [1.54, 1.807) is 26.8 Å². The lowest BCUT2D eigenvalue weighted by molar-refractivity contribution is -0.138. The van der Waals surface area contributed by atoms with Crippen molar-refractivity contribution in [3.63, 3.8) is 0 Å². The van der Waals surface area contributed by atoms with E-state index in [4.69, 9.17) is 5.11 Å². The molecule has 0 heterocycles. The van der Waals surface area contributed by atoms with Crippen LogP contribution in [0, 0.1) is 0 Å². The van der Waals surface area contributed by atoms with Gasteiger partial charge in [0.15, 0.2) is 0 Å². The number of halogens is 3. The van der Waals surface area contributed by atoms with Crippen molar-refractivity contribution in [3.8, 4) is 0 Å². The molecule has 0 aromatic heterocycles. The Bertz CT molecular complexity index is 422. The van der Waals surface area contributed by atoms with Gasteiger partial charge in [-0.1, -0.05) is 32.9 Å². The lowest BCUT2D eigenvalue weighted by Gasteiger charge is -2.25. The van der Waals surface area contributed by atoms with Crippen molar-refractivity contribution in [1.29, 1.82) is 0 Å². The van der Waals surface area contributed by atoms with Crippen LogP contribution < -0.4 is 5.32 Å². The van der Waals surface area contributed by atoms with Crippen LogP contribution in [0.4, 0.5) is 13.2 Å². The molecule has 0 aliphatic carbocycles. The fraction of sp³-hybridized carbons (Fsp3) is 0.571. The fourth-order valence-electron chi connectivity index (χ4n) is 1.88. The number of aliphatic hydroxyl groups excluding tert-OH is 1. The van der Waals surface area contributed by atoms with E-state index in [0.29, 0.717) is 18.7 Å². The van der Waals surface area contributed by atoms with Crippen molar-refractivity contribution in [2.75, 3.05) is 13.2 Å². The largest absolute Gasteiger partial charge is 0.416 e. The number of nitrogens with one attached hydrogen (secondary N) is 1. The predicted octanol–water partition coefficient (Wildman–Crippen LogP) is 3.08. The molecule has 0 bridgehead atoms. The van der Waals surface area contributed by atoms with Crippen LogP contribution >= 0.6 is 0 Å². The fourth-order valence-corrected chi connectivity index (χ4v) is 1.88. The van der Waals surface area contributed by atoms with Crippen LogP contribution in [0.15, 0.2) is 18.2 Å². The van der Waals surface area contributed by atoms with Crippen molar-refractivity contribution in [3.05, 3.63) is 34.9 Å². The van der Waals surface area contributed by atoms with Gasteiger partial charge >= 0.3 is 6.18 Å². The Morgan fingerprint density at radius 1 is 1.11 bits per heavy atom. The molecule has 0 fully saturated rings. The van der Waals surface area contributed by atoms with Crippen LogP contribution in [0.2, 0.25) is 0 Å². The van der Waals surface area contributed by atoms with Gasteiger partial charge in [0.2, 0.25) is 0 Å². The summed E-state index contributed by atoms with van der Waals surface area (Å²) in [4.78, 5) is 0. The normalized spacial score (nSPS) is 12.8. The van der Waals surface area contributed by atoms with Crippen molar-refractivity contribution >= 4 is 0 Å². The minimum Gasteiger partial charge on any atom is -0.395 e. The van der Waals surface area contributed by atoms with Crippen LogP contribution in [0.1, 0.15) is 37.5 Å². The van der Waals surface area contributed by atoms with E-state index in [-0.39, 0.29) is 6.61 Å². The van der Waals surface area contributed by atoms with Crippen LogP contribution in [-0.2, 0) is 18.1 Å². The summed E-state index contributed by atoms with van der Waals surface area (Å²) < 4.78 is 38.9. The molecule has 0 aliphatic rings. The Hall–Kier alpha value is -1.07. The second kappa shape index (κ2) is 5.92. The Labute approximate surface area is 111 Å². The van der Waals surface area contributed by atoms with Gasteiger partial charge in [0, 0.05) is 13.1 Å².